The van der Waals surface area contributed by atoms with E-state index in [0.717, 1.165) is 24.3 Å². The monoisotopic (exact) mass is 466 g/mol. The van der Waals surface area contributed by atoms with Crippen LogP contribution in [0.1, 0.15) is 30.7 Å². The number of nitrogens with zero attached hydrogens (tertiary/aromatic N) is 3. The largest absolute Gasteiger partial charge is 0.396 e. The van der Waals surface area contributed by atoms with E-state index >= 15 is 0 Å². The molecule has 0 radical (unpaired) electrons. The number of rotatable bonds is 9. The van der Waals surface area contributed by atoms with Gasteiger partial charge in [0.2, 0.25) is 5.91 Å². The fourth-order valence-electron chi connectivity index (χ4n) is 3.97. The highest BCUT2D eigenvalue weighted by molar-refractivity contribution is 5.92. The van der Waals surface area contributed by atoms with Gasteiger partial charge in [-0.3, -0.25) is 14.2 Å². The lowest BCUT2D eigenvalue weighted by atomic mass is 10.1. The number of amides is 1. The quantitative estimate of drug-likeness (QED) is 0.502. The zero-order chi connectivity index (χ0) is 24.8. The van der Waals surface area contributed by atoms with Crippen molar-refractivity contribution in [1.29, 1.82) is 0 Å². The zero-order valence-corrected chi connectivity index (χ0v) is 20.1. The summed E-state index contributed by atoms with van der Waals surface area (Å²) in [4.78, 5) is 33.0. The van der Waals surface area contributed by atoms with Crippen LogP contribution < -0.4 is 15.8 Å². The SMILES string of the molecule is CCN(CC)c1ccc(NC(=O)Cn2c(-c3ccc(F)cc3)nc(C)c(CCO)c2=O)c(C)c1. The smallest absolute Gasteiger partial charge is 0.257 e. The van der Waals surface area contributed by atoms with Crippen LogP contribution in [0.15, 0.2) is 47.3 Å². The van der Waals surface area contributed by atoms with Gasteiger partial charge in [0, 0.05) is 54.3 Å². The Balaban J connectivity index is 1.95. The van der Waals surface area contributed by atoms with Gasteiger partial charge in [0.15, 0.2) is 0 Å². The fourth-order valence-corrected chi connectivity index (χ4v) is 3.97. The summed E-state index contributed by atoms with van der Waals surface area (Å²) in [6.45, 7) is 9.07. The van der Waals surface area contributed by atoms with Crippen LogP contribution in [0.3, 0.4) is 0 Å². The molecule has 1 heterocycles. The van der Waals surface area contributed by atoms with Crippen LogP contribution in [0.4, 0.5) is 15.8 Å². The third-order valence-corrected chi connectivity index (χ3v) is 5.85. The number of nitrogens with one attached hydrogen (secondary N) is 1. The number of anilines is 2. The summed E-state index contributed by atoms with van der Waals surface area (Å²) >= 11 is 0. The normalized spacial score (nSPS) is 10.9. The standard InChI is InChI=1S/C26H31FN4O3/c1-5-30(6-2)21-11-12-23(17(3)15-21)29-24(33)16-31-25(19-7-9-20(27)10-8-19)28-18(4)22(13-14-32)26(31)34/h7-12,15,32H,5-6,13-14,16H2,1-4H3,(H,29,33). The first-order chi connectivity index (χ1) is 16.3. The molecular formula is C26H31FN4O3. The van der Waals surface area contributed by atoms with Crippen LogP contribution in [-0.4, -0.2) is 40.3 Å². The van der Waals surface area contributed by atoms with Crippen molar-refractivity contribution >= 4 is 17.3 Å². The first-order valence-corrected chi connectivity index (χ1v) is 11.4. The van der Waals surface area contributed by atoms with Crippen LogP contribution in [0, 0.1) is 19.7 Å². The maximum Gasteiger partial charge on any atom is 0.257 e. The highest BCUT2D eigenvalue weighted by Gasteiger charge is 2.18. The number of benzene rings is 2. The van der Waals surface area contributed by atoms with Crippen LogP contribution in [0.5, 0.6) is 0 Å². The number of hydrogen-bond donors (Lipinski definition) is 2. The molecule has 0 atom stereocenters. The van der Waals surface area contributed by atoms with Gasteiger partial charge >= 0.3 is 0 Å². The second-order valence-electron chi connectivity index (χ2n) is 8.09. The van der Waals surface area contributed by atoms with Crippen LogP contribution in [0.2, 0.25) is 0 Å². The molecule has 0 saturated heterocycles. The maximum absolute atomic E-state index is 13.5. The van der Waals surface area contributed by atoms with Gasteiger partial charge in [-0.25, -0.2) is 9.37 Å². The summed E-state index contributed by atoms with van der Waals surface area (Å²) in [7, 11) is 0. The van der Waals surface area contributed by atoms with Crippen LogP contribution in [-0.2, 0) is 17.8 Å². The molecule has 8 heteroatoms. The summed E-state index contributed by atoms with van der Waals surface area (Å²) in [5, 5.41) is 12.3. The van der Waals surface area contributed by atoms with Crippen molar-refractivity contribution in [2.45, 2.75) is 40.7 Å². The molecule has 0 saturated carbocycles. The van der Waals surface area contributed by atoms with Gasteiger partial charge in [-0.2, -0.15) is 0 Å². The average Bonchev–Trinajstić information content (AvgIpc) is 2.81. The summed E-state index contributed by atoms with van der Waals surface area (Å²) in [6.07, 6.45) is 0.134. The van der Waals surface area contributed by atoms with E-state index in [1.807, 2.05) is 25.1 Å². The van der Waals surface area contributed by atoms with Gasteiger partial charge in [0.05, 0.1) is 0 Å². The van der Waals surface area contributed by atoms with E-state index in [1.54, 1.807) is 6.92 Å². The highest BCUT2D eigenvalue weighted by Crippen LogP contribution is 2.23. The first-order valence-electron chi connectivity index (χ1n) is 11.4. The predicted molar refractivity (Wildman–Crippen MR) is 133 cm³/mol. The van der Waals surface area contributed by atoms with E-state index in [-0.39, 0.29) is 31.3 Å². The molecule has 0 unspecified atom stereocenters. The molecule has 7 nitrogen and oxygen atoms in total. The van der Waals surface area contributed by atoms with Crippen molar-refractivity contribution in [3.8, 4) is 11.4 Å². The fraction of sp³-hybridized carbons (Fsp3) is 0.346. The minimum atomic E-state index is -0.410. The number of aliphatic hydroxyl groups excluding tert-OH is 1. The van der Waals surface area contributed by atoms with E-state index in [0.29, 0.717) is 22.5 Å². The average molecular weight is 467 g/mol. The molecule has 0 aliphatic carbocycles. The second kappa shape index (κ2) is 11.1. The molecule has 0 aliphatic heterocycles. The van der Waals surface area contributed by atoms with Crippen molar-refractivity contribution in [3.05, 3.63) is 75.5 Å². The molecule has 3 aromatic rings. The third-order valence-electron chi connectivity index (χ3n) is 5.85. The van der Waals surface area contributed by atoms with Crippen molar-refractivity contribution in [2.75, 3.05) is 29.9 Å². The number of aryl methyl sites for hydroxylation is 2. The van der Waals surface area contributed by atoms with E-state index < -0.39 is 11.4 Å². The number of aliphatic hydroxyl groups is 1. The lowest BCUT2D eigenvalue weighted by Crippen LogP contribution is -2.33. The second-order valence-corrected chi connectivity index (χ2v) is 8.09. The van der Waals surface area contributed by atoms with Gasteiger partial charge in [0.1, 0.15) is 18.2 Å². The van der Waals surface area contributed by atoms with E-state index in [1.165, 1.54) is 28.8 Å². The Bertz CT molecular complexity index is 1220. The predicted octanol–water partition coefficient (Wildman–Crippen LogP) is 3.69. The van der Waals surface area contributed by atoms with Crippen molar-refractivity contribution in [2.24, 2.45) is 0 Å². The van der Waals surface area contributed by atoms with Gasteiger partial charge in [-0.15, -0.1) is 0 Å². The molecule has 0 fully saturated rings. The molecule has 2 N–H and O–H groups in total. The molecule has 34 heavy (non-hydrogen) atoms. The summed E-state index contributed by atoms with van der Waals surface area (Å²) in [5.41, 5.74) is 3.58. The van der Waals surface area contributed by atoms with Gasteiger partial charge in [-0.1, -0.05) is 0 Å². The Morgan fingerprint density at radius 3 is 2.38 bits per heavy atom. The molecule has 0 aliphatic rings. The number of carbonyl (C=O) groups excluding carboxylic acids is 1. The third kappa shape index (κ3) is 5.51. The molecule has 3 rings (SSSR count). The molecule has 1 aromatic heterocycles. The molecular weight excluding hydrogens is 435 g/mol. The Morgan fingerprint density at radius 2 is 1.79 bits per heavy atom. The first kappa shape index (κ1) is 25.1. The molecule has 1 amide bonds. The molecule has 0 spiro atoms. The summed E-state index contributed by atoms with van der Waals surface area (Å²) in [5.74, 6) is -0.523. The van der Waals surface area contributed by atoms with Crippen LogP contribution in [0.25, 0.3) is 11.4 Å². The number of aromatic nitrogens is 2. The van der Waals surface area contributed by atoms with Gasteiger partial charge in [0.25, 0.3) is 5.56 Å². The van der Waals surface area contributed by atoms with Crippen molar-refractivity contribution < 1.29 is 14.3 Å². The molecule has 2 aromatic carbocycles. The Hall–Kier alpha value is -3.52. The Kier molecular flexibility index (Phi) is 8.17. The molecule has 180 valence electrons. The van der Waals surface area contributed by atoms with Crippen molar-refractivity contribution in [3.63, 3.8) is 0 Å². The topological polar surface area (TPSA) is 87.5 Å². The van der Waals surface area contributed by atoms with Gasteiger partial charge < -0.3 is 15.3 Å². The number of hydrogen-bond acceptors (Lipinski definition) is 5. The van der Waals surface area contributed by atoms with Crippen molar-refractivity contribution in [1.82, 2.24) is 9.55 Å². The van der Waals surface area contributed by atoms with E-state index in [2.05, 4.69) is 29.0 Å². The number of halogens is 1. The summed E-state index contributed by atoms with van der Waals surface area (Å²) < 4.78 is 14.7. The Morgan fingerprint density at radius 1 is 1.12 bits per heavy atom. The number of carbonyl (C=O) groups is 1. The zero-order valence-electron chi connectivity index (χ0n) is 20.1. The minimum absolute atomic E-state index is 0.134. The maximum atomic E-state index is 13.5. The molecule has 0 bridgehead atoms. The van der Waals surface area contributed by atoms with Gasteiger partial charge in [-0.05, 0) is 75.7 Å². The minimum Gasteiger partial charge on any atom is -0.396 e. The lowest BCUT2D eigenvalue weighted by molar-refractivity contribution is -0.116. The van der Waals surface area contributed by atoms with Crippen LogP contribution >= 0.6 is 0 Å². The van der Waals surface area contributed by atoms with E-state index in [9.17, 15) is 19.1 Å². The lowest BCUT2D eigenvalue weighted by Gasteiger charge is -2.22. The summed E-state index contributed by atoms with van der Waals surface area (Å²) in [6, 6.07) is 11.4. The Labute approximate surface area is 198 Å². The highest BCUT2D eigenvalue weighted by atomic mass is 19.1. The van der Waals surface area contributed by atoms with E-state index in [4.69, 9.17) is 0 Å².